The van der Waals surface area contributed by atoms with Crippen molar-refractivity contribution in [2.75, 3.05) is 11.1 Å². The molecule has 1 heterocycles. The Bertz CT molecular complexity index is 680. The number of amides is 1. The highest BCUT2D eigenvalue weighted by atomic mass is 32.2. The number of aromatic nitrogens is 1. The van der Waals surface area contributed by atoms with Gasteiger partial charge in [0.2, 0.25) is 5.56 Å². The Morgan fingerprint density at radius 3 is 2.67 bits per heavy atom. The van der Waals surface area contributed by atoms with Crippen molar-refractivity contribution in [1.29, 1.82) is 0 Å². The molecule has 0 bridgehead atoms. The van der Waals surface area contributed by atoms with Crippen LogP contribution in [0.5, 0.6) is 0 Å². The van der Waals surface area contributed by atoms with Crippen molar-refractivity contribution in [2.24, 2.45) is 0 Å². The predicted octanol–water partition coefficient (Wildman–Crippen LogP) is 3.44. The summed E-state index contributed by atoms with van der Waals surface area (Å²) in [7, 11) is 0. The van der Waals surface area contributed by atoms with Gasteiger partial charge in [-0.25, -0.2) is 0 Å². The zero-order valence-electron chi connectivity index (χ0n) is 12.1. The minimum Gasteiger partial charge on any atom is -0.322 e. The van der Waals surface area contributed by atoms with Gasteiger partial charge in [0.05, 0.1) is 10.6 Å². The number of carbonyl (C=O) groups excluding carboxylic acids is 1. The van der Waals surface area contributed by atoms with E-state index in [9.17, 15) is 9.59 Å². The number of benzene rings is 1. The zero-order valence-corrected chi connectivity index (χ0v) is 12.9. The van der Waals surface area contributed by atoms with E-state index in [2.05, 4.69) is 17.2 Å². The van der Waals surface area contributed by atoms with Crippen molar-refractivity contribution in [2.45, 2.75) is 25.3 Å². The Kier molecular flexibility index (Phi) is 5.22. The highest BCUT2D eigenvalue weighted by molar-refractivity contribution is 7.99. The number of anilines is 1. The lowest BCUT2D eigenvalue weighted by Crippen LogP contribution is -2.19. The summed E-state index contributed by atoms with van der Waals surface area (Å²) in [5, 5.41) is 3.50. The Morgan fingerprint density at radius 2 is 2.00 bits per heavy atom. The normalized spacial score (nSPS) is 10.4. The lowest BCUT2D eigenvalue weighted by atomic mass is 10.1. The molecule has 5 heteroatoms. The standard InChI is InChI=1S/C16H18N2O2S/c1-3-9-21-16-14(11(2)10-13(19)18-16)15(20)17-12-7-5-4-6-8-12/h4-8,10H,3,9H2,1-2H3,(H,17,20)(H,18,19). The molecule has 0 fully saturated rings. The second-order valence-electron chi connectivity index (χ2n) is 4.69. The van der Waals surface area contributed by atoms with Crippen LogP contribution in [-0.2, 0) is 0 Å². The molecule has 110 valence electrons. The van der Waals surface area contributed by atoms with E-state index in [0.29, 0.717) is 16.2 Å². The summed E-state index contributed by atoms with van der Waals surface area (Å²) in [4.78, 5) is 26.9. The molecule has 1 amide bonds. The zero-order chi connectivity index (χ0) is 15.2. The first-order valence-corrected chi connectivity index (χ1v) is 7.83. The van der Waals surface area contributed by atoms with Crippen molar-refractivity contribution in [3.63, 3.8) is 0 Å². The smallest absolute Gasteiger partial charge is 0.258 e. The number of hydrogen-bond donors (Lipinski definition) is 2. The fourth-order valence-corrected chi connectivity index (χ4v) is 2.95. The molecule has 0 spiro atoms. The first-order valence-electron chi connectivity index (χ1n) is 6.85. The van der Waals surface area contributed by atoms with Gasteiger partial charge in [-0.3, -0.25) is 9.59 Å². The first-order chi connectivity index (χ1) is 10.1. The molecular formula is C16H18N2O2S. The number of thioether (sulfide) groups is 1. The van der Waals surface area contributed by atoms with Gasteiger partial charge in [0.15, 0.2) is 0 Å². The van der Waals surface area contributed by atoms with Crippen LogP contribution in [0.4, 0.5) is 5.69 Å². The lowest BCUT2D eigenvalue weighted by molar-refractivity contribution is 0.102. The van der Waals surface area contributed by atoms with Gasteiger partial charge < -0.3 is 10.3 Å². The fourth-order valence-electron chi connectivity index (χ4n) is 1.97. The maximum absolute atomic E-state index is 12.5. The third-order valence-electron chi connectivity index (χ3n) is 2.91. The van der Waals surface area contributed by atoms with Crippen LogP contribution in [0.3, 0.4) is 0 Å². The van der Waals surface area contributed by atoms with Gasteiger partial charge >= 0.3 is 0 Å². The molecule has 0 aliphatic rings. The second kappa shape index (κ2) is 7.13. The molecule has 0 radical (unpaired) electrons. The van der Waals surface area contributed by atoms with E-state index in [-0.39, 0.29) is 11.5 Å². The Labute approximate surface area is 128 Å². The van der Waals surface area contributed by atoms with Gasteiger partial charge in [0, 0.05) is 11.8 Å². The first kappa shape index (κ1) is 15.4. The summed E-state index contributed by atoms with van der Waals surface area (Å²) in [5.41, 5.74) is 1.78. The molecule has 0 saturated carbocycles. The van der Waals surface area contributed by atoms with Crippen LogP contribution in [0.25, 0.3) is 0 Å². The van der Waals surface area contributed by atoms with Crippen LogP contribution < -0.4 is 10.9 Å². The molecule has 0 unspecified atom stereocenters. The predicted molar refractivity (Wildman–Crippen MR) is 87.2 cm³/mol. The van der Waals surface area contributed by atoms with E-state index in [4.69, 9.17) is 0 Å². The number of carbonyl (C=O) groups is 1. The molecule has 4 nitrogen and oxygen atoms in total. The summed E-state index contributed by atoms with van der Waals surface area (Å²) in [5.74, 6) is 0.652. The lowest BCUT2D eigenvalue weighted by Gasteiger charge is -2.12. The average molecular weight is 302 g/mol. The summed E-state index contributed by atoms with van der Waals surface area (Å²) < 4.78 is 0. The van der Waals surface area contributed by atoms with Gasteiger partial charge in [-0.2, -0.15) is 0 Å². The van der Waals surface area contributed by atoms with Gasteiger partial charge in [0.1, 0.15) is 0 Å². The van der Waals surface area contributed by atoms with E-state index < -0.39 is 0 Å². The molecule has 0 aliphatic carbocycles. The van der Waals surface area contributed by atoms with Crippen LogP contribution >= 0.6 is 11.8 Å². The number of H-pyrrole nitrogens is 1. The van der Waals surface area contributed by atoms with E-state index >= 15 is 0 Å². The van der Waals surface area contributed by atoms with E-state index in [1.54, 1.807) is 6.92 Å². The number of para-hydroxylation sites is 1. The van der Waals surface area contributed by atoms with Gasteiger partial charge in [-0.15, -0.1) is 11.8 Å². The largest absolute Gasteiger partial charge is 0.322 e. The molecule has 2 N–H and O–H groups in total. The van der Waals surface area contributed by atoms with Crippen LogP contribution in [0, 0.1) is 6.92 Å². The molecule has 21 heavy (non-hydrogen) atoms. The third-order valence-corrected chi connectivity index (χ3v) is 4.12. The van der Waals surface area contributed by atoms with E-state index in [1.807, 2.05) is 30.3 Å². The summed E-state index contributed by atoms with van der Waals surface area (Å²) >= 11 is 1.50. The molecule has 1 aromatic heterocycles. The quantitative estimate of drug-likeness (QED) is 0.832. The van der Waals surface area contributed by atoms with Crippen LogP contribution in [0.2, 0.25) is 0 Å². The molecule has 0 saturated heterocycles. The monoisotopic (exact) mass is 302 g/mol. The SMILES string of the molecule is CCCSc1[nH]c(=O)cc(C)c1C(=O)Nc1ccccc1. The Morgan fingerprint density at radius 1 is 1.29 bits per heavy atom. The fraction of sp³-hybridized carbons (Fsp3) is 0.250. The summed E-state index contributed by atoms with van der Waals surface area (Å²) in [6.45, 7) is 3.84. The van der Waals surface area contributed by atoms with Gasteiger partial charge in [-0.05, 0) is 36.8 Å². The molecule has 0 atom stereocenters. The van der Waals surface area contributed by atoms with Crippen molar-refractivity contribution in [3.05, 3.63) is 57.9 Å². The van der Waals surface area contributed by atoms with Crippen LogP contribution in [0.1, 0.15) is 29.3 Å². The molecular weight excluding hydrogens is 284 g/mol. The minimum atomic E-state index is -0.200. The Balaban J connectivity index is 2.33. The van der Waals surface area contributed by atoms with Crippen molar-refractivity contribution in [1.82, 2.24) is 4.98 Å². The van der Waals surface area contributed by atoms with Gasteiger partial charge in [-0.1, -0.05) is 25.1 Å². The number of nitrogens with one attached hydrogen (secondary N) is 2. The van der Waals surface area contributed by atoms with Crippen molar-refractivity contribution < 1.29 is 4.79 Å². The summed E-state index contributed by atoms with van der Waals surface area (Å²) in [6, 6.07) is 10.7. The molecule has 2 aromatic rings. The van der Waals surface area contributed by atoms with E-state index in [1.165, 1.54) is 17.8 Å². The number of aromatic amines is 1. The maximum atomic E-state index is 12.5. The maximum Gasteiger partial charge on any atom is 0.258 e. The number of aryl methyl sites for hydroxylation is 1. The average Bonchev–Trinajstić information content (AvgIpc) is 2.45. The van der Waals surface area contributed by atoms with Crippen molar-refractivity contribution >= 4 is 23.4 Å². The van der Waals surface area contributed by atoms with E-state index in [0.717, 1.165) is 17.9 Å². The van der Waals surface area contributed by atoms with Gasteiger partial charge in [0.25, 0.3) is 5.91 Å². The van der Waals surface area contributed by atoms with Crippen molar-refractivity contribution in [3.8, 4) is 0 Å². The molecule has 1 aromatic carbocycles. The third kappa shape index (κ3) is 3.98. The molecule has 2 rings (SSSR count). The molecule has 0 aliphatic heterocycles. The highest BCUT2D eigenvalue weighted by Gasteiger charge is 2.16. The minimum absolute atomic E-state index is 0.178. The highest BCUT2D eigenvalue weighted by Crippen LogP contribution is 2.23. The van der Waals surface area contributed by atoms with Crippen LogP contribution in [-0.4, -0.2) is 16.6 Å². The van der Waals surface area contributed by atoms with Crippen LogP contribution in [0.15, 0.2) is 46.2 Å². The number of rotatable bonds is 5. The Hall–Kier alpha value is -2.01. The summed E-state index contributed by atoms with van der Waals surface area (Å²) in [6.07, 6.45) is 0.973. The topological polar surface area (TPSA) is 62.0 Å². The number of hydrogen-bond acceptors (Lipinski definition) is 3. The second-order valence-corrected chi connectivity index (χ2v) is 5.79. The number of pyridine rings is 1.